The molecule has 1 aromatic rings. The first-order valence-corrected chi connectivity index (χ1v) is 7.52. The standard InChI is InChI=1S/C15H25N3O/c1-3-14(4-2)18-9-7-13(17-18)11-15(19)10-12-6-5-8-16-12/h7,9,12,14,16H,3-6,8,10-11H2,1-2H3. The van der Waals surface area contributed by atoms with Crippen molar-refractivity contribution in [3.63, 3.8) is 0 Å². The number of aromatic nitrogens is 2. The predicted molar refractivity (Wildman–Crippen MR) is 76.2 cm³/mol. The molecule has 19 heavy (non-hydrogen) atoms. The van der Waals surface area contributed by atoms with Gasteiger partial charge in [-0.25, -0.2) is 0 Å². The molecule has 1 aliphatic heterocycles. The van der Waals surface area contributed by atoms with E-state index in [1.54, 1.807) is 0 Å². The summed E-state index contributed by atoms with van der Waals surface area (Å²) < 4.78 is 2.01. The molecule has 1 atom stereocenters. The lowest BCUT2D eigenvalue weighted by Gasteiger charge is -2.12. The van der Waals surface area contributed by atoms with Crippen molar-refractivity contribution < 1.29 is 4.79 Å². The molecule has 106 valence electrons. The molecule has 1 N–H and O–H groups in total. The van der Waals surface area contributed by atoms with Crippen LogP contribution in [0.4, 0.5) is 0 Å². The minimum atomic E-state index is 0.300. The van der Waals surface area contributed by atoms with Crippen LogP contribution in [0.2, 0.25) is 0 Å². The Kier molecular flexibility index (Phi) is 5.14. The maximum absolute atomic E-state index is 12.0. The molecule has 0 aliphatic carbocycles. The van der Waals surface area contributed by atoms with Gasteiger partial charge in [0.05, 0.1) is 18.2 Å². The van der Waals surface area contributed by atoms with E-state index >= 15 is 0 Å². The summed E-state index contributed by atoms with van der Waals surface area (Å²) in [5.74, 6) is 0.300. The van der Waals surface area contributed by atoms with Crippen molar-refractivity contribution in [2.45, 2.75) is 64.5 Å². The number of hydrogen-bond donors (Lipinski definition) is 1. The number of hydrogen-bond acceptors (Lipinski definition) is 3. The average molecular weight is 263 g/mol. The Bertz CT molecular complexity index is 403. The van der Waals surface area contributed by atoms with E-state index in [4.69, 9.17) is 0 Å². The van der Waals surface area contributed by atoms with Crippen molar-refractivity contribution in [1.82, 2.24) is 15.1 Å². The van der Waals surface area contributed by atoms with Crippen LogP contribution in [0.15, 0.2) is 12.3 Å². The number of rotatable bonds is 7. The van der Waals surface area contributed by atoms with Gasteiger partial charge in [0.1, 0.15) is 5.78 Å². The number of carbonyl (C=O) groups excluding carboxylic acids is 1. The maximum atomic E-state index is 12.0. The molecule has 0 bridgehead atoms. The predicted octanol–water partition coefficient (Wildman–Crippen LogP) is 2.50. The molecule has 0 aromatic carbocycles. The summed E-state index contributed by atoms with van der Waals surface area (Å²) in [5, 5.41) is 7.91. The van der Waals surface area contributed by atoms with Crippen molar-refractivity contribution in [3.05, 3.63) is 18.0 Å². The van der Waals surface area contributed by atoms with E-state index in [0.29, 0.717) is 30.7 Å². The maximum Gasteiger partial charge on any atom is 0.140 e. The largest absolute Gasteiger partial charge is 0.314 e. The van der Waals surface area contributed by atoms with Gasteiger partial charge in [0, 0.05) is 18.7 Å². The van der Waals surface area contributed by atoms with E-state index in [1.165, 1.54) is 6.42 Å². The van der Waals surface area contributed by atoms with Crippen LogP contribution >= 0.6 is 0 Å². The molecule has 0 amide bonds. The highest BCUT2D eigenvalue weighted by atomic mass is 16.1. The highest BCUT2D eigenvalue weighted by molar-refractivity contribution is 5.81. The summed E-state index contributed by atoms with van der Waals surface area (Å²) in [6.45, 7) is 5.40. The van der Waals surface area contributed by atoms with E-state index in [-0.39, 0.29) is 0 Å². The molecule has 1 saturated heterocycles. The van der Waals surface area contributed by atoms with Crippen LogP contribution in [-0.4, -0.2) is 28.2 Å². The minimum absolute atomic E-state index is 0.300. The van der Waals surface area contributed by atoms with Gasteiger partial charge in [0.2, 0.25) is 0 Å². The Morgan fingerprint density at radius 2 is 2.32 bits per heavy atom. The van der Waals surface area contributed by atoms with E-state index in [2.05, 4.69) is 24.3 Å². The fourth-order valence-corrected chi connectivity index (χ4v) is 2.82. The second-order valence-electron chi connectivity index (χ2n) is 5.47. The van der Waals surface area contributed by atoms with Gasteiger partial charge < -0.3 is 5.32 Å². The Morgan fingerprint density at radius 1 is 1.53 bits per heavy atom. The first-order chi connectivity index (χ1) is 9.22. The van der Waals surface area contributed by atoms with Crippen molar-refractivity contribution in [2.75, 3.05) is 6.54 Å². The van der Waals surface area contributed by atoms with E-state index < -0.39 is 0 Å². The van der Waals surface area contributed by atoms with E-state index in [0.717, 1.165) is 31.5 Å². The molecule has 1 aliphatic rings. The third-order valence-electron chi connectivity index (χ3n) is 3.99. The van der Waals surface area contributed by atoms with Crippen molar-refractivity contribution in [1.29, 1.82) is 0 Å². The zero-order valence-electron chi connectivity index (χ0n) is 12.1. The lowest BCUT2D eigenvalue weighted by Crippen LogP contribution is -2.25. The smallest absolute Gasteiger partial charge is 0.140 e. The van der Waals surface area contributed by atoms with E-state index in [9.17, 15) is 4.79 Å². The van der Waals surface area contributed by atoms with Crippen LogP contribution in [0, 0.1) is 0 Å². The Labute approximate surface area is 115 Å². The van der Waals surface area contributed by atoms with Gasteiger partial charge in [-0.3, -0.25) is 9.48 Å². The molecule has 0 saturated carbocycles. The molecule has 1 aromatic heterocycles. The average Bonchev–Trinajstić information content (AvgIpc) is 3.03. The van der Waals surface area contributed by atoms with Crippen LogP contribution in [-0.2, 0) is 11.2 Å². The third kappa shape index (κ3) is 3.90. The molecule has 2 rings (SSSR count). The molecule has 4 heteroatoms. The third-order valence-corrected chi connectivity index (χ3v) is 3.99. The zero-order valence-corrected chi connectivity index (χ0v) is 12.1. The Balaban J connectivity index is 1.86. The monoisotopic (exact) mass is 263 g/mol. The van der Waals surface area contributed by atoms with Gasteiger partial charge in [-0.2, -0.15) is 5.10 Å². The number of Topliss-reactive ketones (excluding diaryl/α,β-unsaturated/α-hetero) is 1. The van der Waals surface area contributed by atoms with Crippen LogP contribution in [0.3, 0.4) is 0 Å². The van der Waals surface area contributed by atoms with Gasteiger partial charge in [-0.05, 0) is 38.3 Å². The quantitative estimate of drug-likeness (QED) is 0.822. The fraction of sp³-hybridized carbons (Fsp3) is 0.733. The highest BCUT2D eigenvalue weighted by Gasteiger charge is 2.18. The second kappa shape index (κ2) is 6.85. The first-order valence-electron chi connectivity index (χ1n) is 7.52. The van der Waals surface area contributed by atoms with Crippen molar-refractivity contribution in [2.24, 2.45) is 0 Å². The first kappa shape index (κ1) is 14.3. The summed E-state index contributed by atoms with van der Waals surface area (Å²) in [6.07, 6.45) is 7.63. The lowest BCUT2D eigenvalue weighted by molar-refractivity contribution is -0.118. The van der Waals surface area contributed by atoms with Crippen molar-refractivity contribution >= 4 is 5.78 Å². The molecule has 4 nitrogen and oxygen atoms in total. The normalized spacial score (nSPS) is 19.2. The van der Waals surface area contributed by atoms with Gasteiger partial charge in [0.25, 0.3) is 0 Å². The molecule has 0 spiro atoms. The number of nitrogens with zero attached hydrogens (tertiary/aromatic N) is 2. The molecule has 2 heterocycles. The van der Waals surface area contributed by atoms with Gasteiger partial charge in [-0.1, -0.05) is 13.8 Å². The Morgan fingerprint density at radius 3 is 2.95 bits per heavy atom. The Hall–Kier alpha value is -1.16. The number of carbonyl (C=O) groups is 1. The van der Waals surface area contributed by atoms with Crippen LogP contribution in [0.25, 0.3) is 0 Å². The second-order valence-corrected chi connectivity index (χ2v) is 5.47. The summed E-state index contributed by atoms with van der Waals surface area (Å²) in [6, 6.07) is 2.84. The van der Waals surface area contributed by atoms with Crippen LogP contribution in [0.5, 0.6) is 0 Å². The van der Waals surface area contributed by atoms with Gasteiger partial charge in [0.15, 0.2) is 0 Å². The lowest BCUT2D eigenvalue weighted by atomic mass is 10.1. The summed E-state index contributed by atoms with van der Waals surface area (Å²) in [7, 11) is 0. The summed E-state index contributed by atoms with van der Waals surface area (Å²) >= 11 is 0. The molecule has 1 fully saturated rings. The molecule has 0 radical (unpaired) electrons. The molecular weight excluding hydrogens is 238 g/mol. The topological polar surface area (TPSA) is 46.9 Å². The highest BCUT2D eigenvalue weighted by Crippen LogP contribution is 2.15. The van der Waals surface area contributed by atoms with Crippen LogP contribution < -0.4 is 5.32 Å². The zero-order chi connectivity index (χ0) is 13.7. The van der Waals surface area contributed by atoms with E-state index in [1.807, 2.05) is 16.9 Å². The fourth-order valence-electron chi connectivity index (χ4n) is 2.82. The number of ketones is 1. The molecular formula is C15H25N3O. The van der Waals surface area contributed by atoms with Crippen molar-refractivity contribution in [3.8, 4) is 0 Å². The van der Waals surface area contributed by atoms with Gasteiger partial charge in [-0.15, -0.1) is 0 Å². The van der Waals surface area contributed by atoms with Crippen LogP contribution in [0.1, 0.15) is 57.7 Å². The SMILES string of the molecule is CCC(CC)n1ccc(CC(=O)CC2CCCN2)n1. The summed E-state index contributed by atoms with van der Waals surface area (Å²) in [4.78, 5) is 12.0. The number of nitrogens with one attached hydrogen (secondary N) is 1. The summed E-state index contributed by atoms with van der Waals surface area (Å²) in [5.41, 5.74) is 0.912. The molecule has 1 unspecified atom stereocenters. The van der Waals surface area contributed by atoms with Gasteiger partial charge >= 0.3 is 0 Å². The minimum Gasteiger partial charge on any atom is -0.314 e.